The number of para-hydroxylation sites is 1. The van der Waals surface area contributed by atoms with Crippen molar-refractivity contribution in [3.8, 4) is 5.75 Å². The largest absolute Gasteiger partial charge is 0.356 e. The van der Waals surface area contributed by atoms with Gasteiger partial charge in [0, 0.05) is 22.4 Å². The van der Waals surface area contributed by atoms with Crippen molar-refractivity contribution in [3.63, 3.8) is 0 Å². The molecule has 2 heterocycles. The van der Waals surface area contributed by atoms with E-state index >= 15 is 0 Å². The van der Waals surface area contributed by atoms with Crippen molar-refractivity contribution in [1.82, 2.24) is 4.98 Å². The SMILES string of the molecule is C1=c2c(ccc3cccnc23)=NOc2ccccc21. The molecule has 0 atom stereocenters. The summed E-state index contributed by atoms with van der Waals surface area (Å²) in [6.07, 6.45) is 3.88. The van der Waals surface area contributed by atoms with Gasteiger partial charge in [-0.1, -0.05) is 35.5 Å². The second-order valence-corrected chi connectivity index (χ2v) is 4.44. The molecule has 0 saturated heterocycles. The summed E-state index contributed by atoms with van der Waals surface area (Å²) in [5, 5.41) is 7.12. The molecule has 0 saturated carbocycles. The van der Waals surface area contributed by atoms with Gasteiger partial charge in [0.25, 0.3) is 0 Å². The molecule has 3 nitrogen and oxygen atoms in total. The van der Waals surface area contributed by atoms with Crippen molar-refractivity contribution >= 4 is 17.0 Å². The Balaban J connectivity index is 2.19. The molecule has 90 valence electrons. The summed E-state index contributed by atoms with van der Waals surface area (Å²) in [6.45, 7) is 0. The third kappa shape index (κ3) is 1.59. The highest BCUT2D eigenvalue weighted by Crippen LogP contribution is 2.19. The van der Waals surface area contributed by atoms with E-state index in [1.165, 1.54) is 0 Å². The topological polar surface area (TPSA) is 34.5 Å². The Morgan fingerprint density at radius 3 is 2.84 bits per heavy atom. The Morgan fingerprint density at radius 2 is 1.84 bits per heavy atom. The molecule has 0 spiro atoms. The van der Waals surface area contributed by atoms with Crippen molar-refractivity contribution in [2.75, 3.05) is 0 Å². The van der Waals surface area contributed by atoms with E-state index in [1.807, 2.05) is 48.5 Å². The maximum atomic E-state index is 5.49. The van der Waals surface area contributed by atoms with E-state index in [0.717, 1.165) is 32.8 Å². The van der Waals surface area contributed by atoms with Crippen LogP contribution in [0.15, 0.2) is 59.9 Å². The fourth-order valence-corrected chi connectivity index (χ4v) is 2.32. The molecule has 0 radical (unpaired) electrons. The van der Waals surface area contributed by atoms with Crippen LogP contribution in [0, 0.1) is 0 Å². The summed E-state index contributed by atoms with van der Waals surface area (Å²) in [5.74, 6) is 0.766. The summed E-state index contributed by atoms with van der Waals surface area (Å²) in [7, 11) is 0. The van der Waals surface area contributed by atoms with Gasteiger partial charge in [-0.2, -0.15) is 0 Å². The maximum Gasteiger partial charge on any atom is 0.165 e. The summed E-state index contributed by atoms with van der Waals surface area (Å²) >= 11 is 0. The number of hydrogen-bond acceptors (Lipinski definition) is 3. The summed E-state index contributed by atoms with van der Waals surface area (Å²) in [6, 6.07) is 15.8. The van der Waals surface area contributed by atoms with Crippen LogP contribution in [-0.4, -0.2) is 4.98 Å². The van der Waals surface area contributed by atoms with E-state index in [2.05, 4.69) is 16.2 Å². The second-order valence-electron chi connectivity index (χ2n) is 4.44. The molecule has 3 heteroatoms. The van der Waals surface area contributed by atoms with Crippen molar-refractivity contribution in [2.45, 2.75) is 0 Å². The standard InChI is InChI=1S/C16H10N2O/c1-2-6-15-12(4-1)10-13-14(18-19-15)8-7-11-5-3-9-17-16(11)13/h1-10H. The van der Waals surface area contributed by atoms with Crippen LogP contribution >= 0.6 is 0 Å². The van der Waals surface area contributed by atoms with Crippen molar-refractivity contribution in [1.29, 1.82) is 0 Å². The highest BCUT2D eigenvalue weighted by molar-refractivity contribution is 5.80. The number of benzene rings is 2. The average Bonchev–Trinajstić information content (AvgIpc) is 2.66. The van der Waals surface area contributed by atoms with E-state index in [1.54, 1.807) is 6.20 Å². The van der Waals surface area contributed by atoms with Gasteiger partial charge in [0.1, 0.15) is 5.36 Å². The van der Waals surface area contributed by atoms with Crippen molar-refractivity contribution in [3.05, 3.63) is 70.9 Å². The van der Waals surface area contributed by atoms with Crippen LogP contribution in [0.5, 0.6) is 5.75 Å². The fourth-order valence-electron chi connectivity index (χ4n) is 2.32. The highest BCUT2D eigenvalue weighted by atomic mass is 16.6. The summed E-state index contributed by atoms with van der Waals surface area (Å²) in [4.78, 5) is 9.95. The number of rotatable bonds is 0. The van der Waals surface area contributed by atoms with Crippen molar-refractivity contribution in [2.24, 2.45) is 5.16 Å². The minimum atomic E-state index is 0.766. The predicted octanol–water partition coefficient (Wildman–Crippen LogP) is 1.99. The van der Waals surface area contributed by atoms with Gasteiger partial charge in [0.05, 0.1) is 5.52 Å². The van der Waals surface area contributed by atoms with Gasteiger partial charge in [0.2, 0.25) is 0 Å². The molecule has 0 aliphatic carbocycles. The number of pyridine rings is 1. The van der Waals surface area contributed by atoms with Gasteiger partial charge >= 0.3 is 0 Å². The van der Waals surface area contributed by atoms with E-state index in [0.29, 0.717) is 0 Å². The first-order chi connectivity index (χ1) is 9.42. The van der Waals surface area contributed by atoms with Crippen LogP contribution < -0.4 is 15.4 Å². The lowest BCUT2D eigenvalue weighted by Crippen LogP contribution is -2.26. The normalized spacial score (nSPS) is 12.4. The van der Waals surface area contributed by atoms with Crippen LogP contribution in [0.3, 0.4) is 0 Å². The zero-order valence-electron chi connectivity index (χ0n) is 10.1. The van der Waals surface area contributed by atoms with Gasteiger partial charge in [0.15, 0.2) is 5.75 Å². The Labute approximate surface area is 109 Å². The fraction of sp³-hybridized carbons (Fsp3) is 0. The van der Waals surface area contributed by atoms with Gasteiger partial charge in [-0.15, -0.1) is 0 Å². The number of aromatic nitrogens is 1. The lowest BCUT2D eigenvalue weighted by atomic mass is 10.1. The average molecular weight is 246 g/mol. The molecule has 0 unspecified atom stereocenters. The third-order valence-electron chi connectivity index (χ3n) is 3.25. The van der Waals surface area contributed by atoms with Crippen LogP contribution in [0.25, 0.3) is 17.0 Å². The summed E-state index contributed by atoms with van der Waals surface area (Å²) in [5.41, 5.74) is 1.97. The first-order valence-corrected chi connectivity index (χ1v) is 6.11. The van der Waals surface area contributed by atoms with Crippen LogP contribution in [0.4, 0.5) is 0 Å². The van der Waals surface area contributed by atoms with Crippen LogP contribution in [0.2, 0.25) is 0 Å². The van der Waals surface area contributed by atoms with Crippen LogP contribution in [-0.2, 0) is 0 Å². The second kappa shape index (κ2) is 3.92. The Hall–Kier alpha value is -2.68. The molecule has 2 aromatic carbocycles. The van der Waals surface area contributed by atoms with E-state index in [9.17, 15) is 0 Å². The van der Waals surface area contributed by atoms with Crippen LogP contribution in [0.1, 0.15) is 5.56 Å². The first kappa shape index (κ1) is 10.3. The minimum Gasteiger partial charge on any atom is -0.356 e. The molecule has 1 aromatic heterocycles. The lowest BCUT2D eigenvalue weighted by Gasteiger charge is -1.99. The van der Waals surface area contributed by atoms with Crippen molar-refractivity contribution < 1.29 is 4.84 Å². The molecule has 1 aliphatic rings. The quantitative estimate of drug-likeness (QED) is 0.608. The number of fused-ring (bicyclic) bond motifs is 4. The first-order valence-electron chi connectivity index (χ1n) is 6.11. The molecule has 19 heavy (non-hydrogen) atoms. The molecule has 0 bridgehead atoms. The molecule has 3 aromatic rings. The van der Waals surface area contributed by atoms with Gasteiger partial charge < -0.3 is 4.84 Å². The van der Waals surface area contributed by atoms with E-state index < -0.39 is 0 Å². The molecular formula is C16H10N2O. The zero-order chi connectivity index (χ0) is 12.7. The molecule has 0 amide bonds. The predicted molar refractivity (Wildman–Crippen MR) is 73.2 cm³/mol. The van der Waals surface area contributed by atoms with Gasteiger partial charge in [-0.25, -0.2) is 0 Å². The highest BCUT2D eigenvalue weighted by Gasteiger charge is 2.06. The number of nitrogens with zero attached hydrogens (tertiary/aromatic N) is 2. The molecular weight excluding hydrogens is 236 g/mol. The van der Waals surface area contributed by atoms with E-state index in [4.69, 9.17) is 4.84 Å². The van der Waals surface area contributed by atoms with Gasteiger partial charge in [-0.3, -0.25) is 4.98 Å². The minimum absolute atomic E-state index is 0.766. The molecule has 0 fully saturated rings. The Kier molecular flexibility index (Phi) is 2.12. The summed E-state index contributed by atoms with van der Waals surface area (Å²) < 4.78 is 0. The zero-order valence-corrected chi connectivity index (χ0v) is 10.1. The molecule has 1 aliphatic heterocycles. The monoisotopic (exact) mass is 246 g/mol. The smallest absolute Gasteiger partial charge is 0.165 e. The Morgan fingerprint density at radius 1 is 0.895 bits per heavy atom. The molecule has 4 rings (SSSR count). The molecule has 0 N–H and O–H groups in total. The Bertz CT molecular complexity index is 900. The van der Waals surface area contributed by atoms with Gasteiger partial charge in [-0.05, 0) is 24.3 Å². The number of hydrogen-bond donors (Lipinski definition) is 0. The maximum absolute atomic E-state index is 5.49. The lowest BCUT2D eigenvalue weighted by molar-refractivity contribution is 0.325. The van der Waals surface area contributed by atoms with E-state index in [-0.39, 0.29) is 0 Å². The third-order valence-corrected chi connectivity index (χ3v) is 3.25.